The van der Waals surface area contributed by atoms with Crippen LogP contribution >= 0.6 is 0 Å². The molecule has 0 aromatic carbocycles. The lowest BCUT2D eigenvalue weighted by atomic mass is 9.64. The molecule has 1 saturated carbocycles. The fourth-order valence-electron chi connectivity index (χ4n) is 2.72. The number of hydrogen-bond donors (Lipinski definition) is 1. The molecule has 1 aromatic rings. The average Bonchev–Trinajstić information content (AvgIpc) is 2.39. The lowest BCUT2D eigenvalue weighted by Crippen LogP contribution is -2.61. The van der Waals surface area contributed by atoms with Gasteiger partial charge in [0.15, 0.2) is 0 Å². The maximum absolute atomic E-state index is 11.6. The number of aromatic nitrogens is 1. The van der Waals surface area contributed by atoms with Gasteiger partial charge in [-0.1, -0.05) is 19.9 Å². The highest BCUT2D eigenvalue weighted by atomic mass is 16.5. The van der Waals surface area contributed by atoms with E-state index in [1.54, 1.807) is 16.7 Å². The first-order valence-corrected chi connectivity index (χ1v) is 7.06. The molecule has 1 heterocycles. The van der Waals surface area contributed by atoms with Gasteiger partial charge in [0.2, 0.25) is 0 Å². The topological polar surface area (TPSA) is 43.3 Å². The van der Waals surface area contributed by atoms with Crippen LogP contribution in [-0.2, 0) is 11.3 Å². The van der Waals surface area contributed by atoms with Crippen molar-refractivity contribution in [3.05, 3.63) is 34.7 Å². The van der Waals surface area contributed by atoms with Crippen LogP contribution in [0.4, 0.5) is 0 Å². The van der Waals surface area contributed by atoms with E-state index in [0.717, 1.165) is 19.6 Å². The van der Waals surface area contributed by atoms with Crippen LogP contribution in [0.25, 0.3) is 0 Å². The Balaban J connectivity index is 1.79. The van der Waals surface area contributed by atoms with Crippen LogP contribution in [0, 0.1) is 5.41 Å². The SMILES string of the molecule is CCOC1CC(NCCn2ccccc2=O)C1(C)C. The average molecular weight is 264 g/mol. The van der Waals surface area contributed by atoms with Gasteiger partial charge in [-0.05, 0) is 19.4 Å². The molecule has 19 heavy (non-hydrogen) atoms. The Morgan fingerprint density at radius 1 is 1.47 bits per heavy atom. The fraction of sp³-hybridized carbons (Fsp3) is 0.667. The van der Waals surface area contributed by atoms with Crippen molar-refractivity contribution < 1.29 is 4.74 Å². The number of pyridine rings is 1. The first kappa shape index (κ1) is 14.3. The number of rotatable bonds is 6. The second kappa shape index (κ2) is 5.88. The third kappa shape index (κ3) is 3.07. The van der Waals surface area contributed by atoms with Gasteiger partial charge in [-0.15, -0.1) is 0 Å². The van der Waals surface area contributed by atoms with Crippen LogP contribution in [0.2, 0.25) is 0 Å². The van der Waals surface area contributed by atoms with Crippen LogP contribution in [-0.4, -0.2) is 29.9 Å². The lowest BCUT2D eigenvalue weighted by Gasteiger charge is -2.52. The monoisotopic (exact) mass is 264 g/mol. The molecule has 1 aliphatic carbocycles. The van der Waals surface area contributed by atoms with Gasteiger partial charge in [0, 0.05) is 43.4 Å². The van der Waals surface area contributed by atoms with Crippen LogP contribution in [0.3, 0.4) is 0 Å². The van der Waals surface area contributed by atoms with E-state index >= 15 is 0 Å². The minimum atomic E-state index is 0.0596. The minimum Gasteiger partial charge on any atom is -0.378 e. The molecule has 1 fully saturated rings. The summed E-state index contributed by atoms with van der Waals surface area (Å²) in [6.07, 6.45) is 3.25. The van der Waals surface area contributed by atoms with Crippen molar-refractivity contribution in [1.82, 2.24) is 9.88 Å². The molecule has 0 amide bonds. The molecule has 2 unspecified atom stereocenters. The largest absolute Gasteiger partial charge is 0.378 e. The molecule has 0 aliphatic heterocycles. The van der Waals surface area contributed by atoms with E-state index in [9.17, 15) is 4.79 Å². The van der Waals surface area contributed by atoms with Gasteiger partial charge in [0.1, 0.15) is 0 Å². The summed E-state index contributed by atoms with van der Waals surface area (Å²) in [6.45, 7) is 8.83. The summed E-state index contributed by atoms with van der Waals surface area (Å²) in [7, 11) is 0. The minimum absolute atomic E-state index is 0.0596. The summed E-state index contributed by atoms with van der Waals surface area (Å²) >= 11 is 0. The molecule has 106 valence electrons. The number of hydrogen-bond acceptors (Lipinski definition) is 3. The summed E-state index contributed by atoms with van der Waals surface area (Å²) in [5.41, 5.74) is 0.238. The second-order valence-electron chi connectivity index (χ2n) is 5.74. The summed E-state index contributed by atoms with van der Waals surface area (Å²) in [6, 6.07) is 5.73. The summed E-state index contributed by atoms with van der Waals surface area (Å²) in [4.78, 5) is 11.6. The first-order valence-electron chi connectivity index (χ1n) is 7.06. The zero-order chi connectivity index (χ0) is 13.9. The zero-order valence-electron chi connectivity index (χ0n) is 12.1. The fourth-order valence-corrected chi connectivity index (χ4v) is 2.72. The predicted molar refractivity (Wildman–Crippen MR) is 76.3 cm³/mol. The molecular weight excluding hydrogens is 240 g/mol. The van der Waals surface area contributed by atoms with E-state index in [2.05, 4.69) is 19.2 Å². The number of ether oxygens (including phenoxy) is 1. The Kier molecular flexibility index (Phi) is 4.42. The molecule has 2 atom stereocenters. The molecule has 1 aromatic heterocycles. The van der Waals surface area contributed by atoms with Gasteiger partial charge < -0.3 is 14.6 Å². The van der Waals surface area contributed by atoms with Crippen LogP contribution < -0.4 is 10.9 Å². The molecule has 0 bridgehead atoms. The van der Waals surface area contributed by atoms with E-state index in [0.29, 0.717) is 18.7 Å². The predicted octanol–water partition coefficient (Wildman–Crippen LogP) is 1.64. The number of nitrogens with one attached hydrogen (secondary N) is 1. The Labute approximate surface area is 114 Å². The summed E-state index contributed by atoms with van der Waals surface area (Å²) in [5, 5.41) is 3.53. The van der Waals surface area contributed by atoms with Gasteiger partial charge >= 0.3 is 0 Å². The van der Waals surface area contributed by atoms with Crippen LogP contribution in [0.5, 0.6) is 0 Å². The van der Waals surface area contributed by atoms with E-state index in [4.69, 9.17) is 4.74 Å². The van der Waals surface area contributed by atoms with Crippen LogP contribution in [0.1, 0.15) is 27.2 Å². The highest BCUT2D eigenvalue weighted by Crippen LogP contribution is 2.42. The van der Waals surface area contributed by atoms with Gasteiger partial charge in [0.25, 0.3) is 5.56 Å². The lowest BCUT2D eigenvalue weighted by molar-refractivity contribution is -0.114. The van der Waals surface area contributed by atoms with Crippen molar-refractivity contribution >= 4 is 0 Å². The smallest absolute Gasteiger partial charge is 0.250 e. The highest BCUT2D eigenvalue weighted by Gasteiger charge is 2.48. The normalized spacial score (nSPS) is 25.0. The Morgan fingerprint density at radius 2 is 2.26 bits per heavy atom. The molecule has 0 spiro atoms. The second-order valence-corrected chi connectivity index (χ2v) is 5.74. The first-order chi connectivity index (χ1) is 9.05. The van der Waals surface area contributed by atoms with E-state index in [-0.39, 0.29) is 11.0 Å². The molecule has 4 heteroatoms. The molecule has 1 aliphatic rings. The van der Waals surface area contributed by atoms with Crippen molar-refractivity contribution in [2.24, 2.45) is 5.41 Å². The van der Waals surface area contributed by atoms with Crippen molar-refractivity contribution in [3.63, 3.8) is 0 Å². The van der Waals surface area contributed by atoms with Gasteiger partial charge in [-0.3, -0.25) is 4.79 Å². The standard InChI is InChI=1S/C15H24N2O2/c1-4-19-13-11-12(15(13,2)3)16-8-10-17-9-6-5-7-14(17)18/h5-7,9,12-13,16H,4,8,10-11H2,1-3H3. The van der Waals surface area contributed by atoms with E-state index in [1.165, 1.54) is 0 Å². The summed E-state index contributed by atoms with van der Waals surface area (Å²) < 4.78 is 7.45. The van der Waals surface area contributed by atoms with Crippen LogP contribution in [0.15, 0.2) is 29.2 Å². The third-order valence-corrected chi connectivity index (χ3v) is 4.19. The Hall–Kier alpha value is -1.13. The quantitative estimate of drug-likeness (QED) is 0.849. The van der Waals surface area contributed by atoms with Gasteiger partial charge in [-0.2, -0.15) is 0 Å². The maximum atomic E-state index is 11.6. The molecule has 0 radical (unpaired) electrons. The Bertz CT molecular complexity index is 467. The van der Waals surface area contributed by atoms with Crippen molar-refractivity contribution in [1.29, 1.82) is 0 Å². The number of nitrogens with zero attached hydrogens (tertiary/aromatic N) is 1. The van der Waals surface area contributed by atoms with E-state index in [1.807, 2.05) is 19.2 Å². The van der Waals surface area contributed by atoms with Crippen molar-refractivity contribution in [2.75, 3.05) is 13.2 Å². The molecule has 2 rings (SSSR count). The molecule has 1 N–H and O–H groups in total. The third-order valence-electron chi connectivity index (χ3n) is 4.19. The summed E-state index contributed by atoms with van der Waals surface area (Å²) in [5.74, 6) is 0. The van der Waals surface area contributed by atoms with Crippen molar-refractivity contribution in [2.45, 2.75) is 45.9 Å². The molecular formula is C15H24N2O2. The molecule has 0 saturated heterocycles. The van der Waals surface area contributed by atoms with Gasteiger partial charge in [-0.25, -0.2) is 0 Å². The van der Waals surface area contributed by atoms with E-state index < -0.39 is 0 Å². The van der Waals surface area contributed by atoms with Crippen molar-refractivity contribution in [3.8, 4) is 0 Å². The Morgan fingerprint density at radius 3 is 2.89 bits per heavy atom. The zero-order valence-corrected chi connectivity index (χ0v) is 12.1. The highest BCUT2D eigenvalue weighted by molar-refractivity contribution is 5.02. The maximum Gasteiger partial charge on any atom is 0.250 e. The van der Waals surface area contributed by atoms with Gasteiger partial charge in [0.05, 0.1) is 6.10 Å². The molecule has 4 nitrogen and oxygen atoms in total.